The SMILES string of the molecule is COCCC(=O)c1cccc(C(F)(F)F)c1. The molecule has 0 radical (unpaired) electrons. The molecule has 5 heteroatoms. The molecule has 0 saturated heterocycles. The standard InChI is InChI=1S/C11H11F3O2/c1-16-6-5-10(15)8-3-2-4-9(7-8)11(12,13)14/h2-4,7H,5-6H2,1H3. The largest absolute Gasteiger partial charge is 0.416 e. The third kappa shape index (κ3) is 3.34. The first-order chi connectivity index (χ1) is 7.45. The monoisotopic (exact) mass is 232 g/mol. The first kappa shape index (κ1) is 12.7. The van der Waals surface area contributed by atoms with Crippen molar-refractivity contribution in [3.63, 3.8) is 0 Å². The second kappa shape index (κ2) is 5.12. The molecule has 0 saturated carbocycles. The van der Waals surface area contributed by atoms with Gasteiger partial charge in [0.1, 0.15) is 0 Å². The fourth-order valence-corrected chi connectivity index (χ4v) is 1.21. The van der Waals surface area contributed by atoms with E-state index in [1.807, 2.05) is 0 Å². The molecule has 0 heterocycles. The fraction of sp³-hybridized carbons (Fsp3) is 0.364. The zero-order valence-corrected chi connectivity index (χ0v) is 8.67. The van der Waals surface area contributed by atoms with Crippen molar-refractivity contribution in [3.05, 3.63) is 35.4 Å². The van der Waals surface area contributed by atoms with E-state index in [-0.39, 0.29) is 24.4 Å². The molecule has 0 unspecified atom stereocenters. The number of benzene rings is 1. The average Bonchev–Trinajstić information content (AvgIpc) is 2.25. The van der Waals surface area contributed by atoms with E-state index in [4.69, 9.17) is 0 Å². The predicted octanol–water partition coefficient (Wildman–Crippen LogP) is 2.92. The van der Waals surface area contributed by atoms with Gasteiger partial charge in [-0.2, -0.15) is 13.2 Å². The Morgan fingerprint density at radius 1 is 1.38 bits per heavy atom. The Hall–Kier alpha value is -1.36. The number of hydrogen-bond acceptors (Lipinski definition) is 2. The van der Waals surface area contributed by atoms with Crippen LogP contribution in [-0.4, -0.2) is 19.5 Å². The van der Waals surface area contributed by atoms with Crippen LogP contribution >= 0.6 is 0 Å². The molecule has 0 fully saturated rings. The molecular weight excluding hydrogens is 221 g/mol. The molecular formula is C11H11F3O2. The summed E-state index contributed by atoms with van der Waals surface area (Å²) < 4.78 is 41.7. The van der Waals surface area contributed by atoms with Crippen LogP contribution in [0, 0.1) is 0 Å². The van der Waals surface area contributed by atoms with Crippen LogP contribution in [0.1, 0.15) is 22.3 Å². The van der Waals surface area contributed by atoms with Gasteiger partial charge in [0.05, 0.1) is 12.2 Å². The van der Waals surface area contributed by atoms with Gasteiger partial charge >= 0.3 is 6.18 Å². The smallest absolute Gasteiger partial charge is 0.384 e. The number of alkyl halides is 3. The second-order valence-corrected chi connectivity index (χ2v) is 3.24. The van der Waals surface area contributed by atoms with Crippen molar-refractivity contribution < 1.29 is 22.7 Å². The third-order valence-electron chi connectivity index (χ3n) is 2.05. The fourth-order valence-electron chi connectivity index (χ4n) is 1.21. The van der Waals surface area contributed by atoms with E-state index in [0.29, 0.717) is 0 Å². The second-order valence-electron chi connectivity index (χ2n) is 3.24. The van der Waals surface area contributed by atoms with E-state index in [9.17, 15) is 18.0 Å². The Balaban J connectivity index is 2.86. The van der Waals surface area contributed by atoms with E-state index in [1.54, 1.807) is 0 Å². The van der Waals surface area contributed by atoms with Gasteiger partial charge in [0.15, 0.2) is 5.78 Å². The number of ether oxygens (including phenoxy) is 1. The van der Waals surface area contributed by atoms with Crippen LogP contribution in [0.5, 0.6) is 0 Å². The number of ketones is 1. The average molecular weight is 232 g/mol. The summed E-state index contributed by atoms with van der Waals surface area (Å²) in [7, 11) is 1.43. The summed E-state index contributed by atoms with van der Waals surface area (Å²) in [5.74, 6) is -0.354. The maximum atomic E-state index is 12.3. The topological polar surface area (TPSA) is 26.3 Å². The minimum Gasteiger partial charge on any atom is -0.384 e. The number of halogens is 3. The normalized spacial score (nSPS) is 11.5. The lowest BCUT2D eigenvalue weighted by molar-refractivity contribution is -0.137. The molecule has 1 aromatic rings. The number of Topliss-reactive ketones (excluding diaryl/α,β-unsaturated/α-hetero) is 1. The van der Waals surface area contributed by atoms with Crippen LogP contribution in [-0.2, 0) is 10.9 Å². The summed E-state index contributed by atoms with van der Waals surface area (Å²) in [4.78, 5) is 11.4. The Kier molecular flexibility index (Phi) is 4.06. The van der Waals surface area contributed by atoms with Gasteiger partial charge in [0, 0.05) is 19.1 Å². The minimum absolute atomic E-state index is 0.0619. The lowest BCUT2D eigenvalue weighted by atomic mass is 10.1. The van der Waals surface area contributed by atoms with E-state index in [2.05, 4.69) is 4.74 Å². The molecule has 0 amide bonds. The van der Waals surface area contributed by atoms with Crippen molar-refractivity contribution in [2.45, 2.75) is 12.6 Å². The number of carbonyl (C=O) groups excluding carboxylic acids is 1. The minimum atomic E-state index is -4.42. The molecule has 1 rings (SSSR count). The summed E-state index contributed by atoms with van der Waals surface area (Å²) in [6.45, 7) is 0.203. The molecule has 88 valence electrons. The van der Waals surface area contributed by atoms with Crippen LogP contribution in [0.25, 0.3) is 0 Å². The van der Waals surface area contributed by atoms with Gasteiger partial charge in [-0.25, -0.2) is 0 Å². The summed E-state index contributed by atoms with van der Waals surface area (Å²) in [5, 5.41) is 0. The van der Waals surface area contributed by atoms with Crippen molar-refractivity contribution in [1.82, 2.24) is 0 Å². The molecule has 0 aliphatic heterocycles. The molecule has 0 atom stereocenters. The Bertz CT molecular complexity index is 372. The van der Waals surface area contributed by atoms with Gasteiger partial charge in [0.2, 0.25) is 0 Å². The Morgan fingerprint density at radius 2 is 2.06 bits per heavy atom. The maximum Gasteiger partial charge on any atom is 0.416 e. The summed E-state index contributed by atoms with van der Waals surface area (Å²) >= 11 is 0. The molecule has 0 bridgehead atoms. The molecule has 0 spiro atoms. The van der Waals surface area contributed by atoms with Crippen molar-refractivity contribution >= 4 is 5.78 Å². The van der Waals surface area contributed by atoms with Crippen molar-refractivity contribution in [2.24, 2.45) is 0 Å². The summed E-state index contributed by atoms with van der Waals surface area (Å²) in [5.41, 5.74) is -0.748. The van der Waals surface area contributed by atoms with E-state index in [0.717, 1.165) is 12.1 Å². The summed E-state index contributed by atoms with van der Waals surface area (Å²) in [6.07, 6.45) is -4.34. The van der Waals surface area contributed by atoms with Gasteiger partial charge in [0.25, 0.3) is 0 Å². The third-order valence-corrected chi connectivity index (χ3v) is 2.05. The summed E-state index contributed by atoms with van der Waals surface area (Å²) in [6, 6.07) is 4.39. The molecule has 0 aliphatic carbocycles. The van der Waals surface area contributed by atoms with Crippen molar-refractivity contribution in [3.8, 4) is 0 Å². The van der Waals surface area contributed by atoms with Gasteiger partial charge in [-0.15, -0.1) is 0 Å². The van der Waals surface area contributed by atoms with Gasteiger partial charge in [-0.05, 0) is 12.1 Å². The highest BCUT2D eigenvalue weighted by Gasteiger charge is 2.30. The molecule has 0 aromatic heterocycles. The molecule has 16 heavy (non-hydrogen) atoms. The predicted molar refractivity (Wildman–Crippen MR) is 52.3 cm³/mol. The first-order valence-electron chi connectivity index (χ1n) is 4.64. The van der Waals surface area contributed by atoms with Crippen molar-refractivity contribution in [2.75, 3.05) is 13.7 Å². The van der Waals surface area contributed by atoms with Gasteiger partial charge < -0.3 is 4.74 Å². The number of hydrogen-bond donors (Lipinski definition) is 0. The Labute approximate surface area is 91.0 Å². The van der Waals surface area contributed by atoms with Crippen molar-refractivity contribution in [1.29, 1.82) is 0 Å². The van der Waals surface area contributed by atoms with Gasteiger partial charge in [-0.1, -0.05) is 12.1 Å². The number of rotatable bonds is 4. The maximum absolute atomic E-state index is 12.3. The lowest BCUT2D eigenvalue weighted by Gasteiger charge is -2.07. The lowest BCUT2D eigenvalue weighted by Crippen LogP contribution is -2.08. The van der Waals surface area contributed by atoms with Crippen LogP contribution in [0.4, 0.5) is 13.2 Å². The zero-order chi connectivity index (χ0) is 12.2. The molecule has 0 aliphatic rings. The number of carbonyl (C=O) groups is 1. The van der Waals surface area contributed by atoms with Crippen LogP contribution in [0.15, 0.2) is 24.3 Å². The highest BCUT2D eigenvalue weighted by molar-refractivity contribution is 5.96. The quantitative estimate of drug-likeness (QED) is 0.746. The van der Waals surface area contributed by atoms with Gasteiger partial charge in [-0.3, -0.25) is 4.79 Å². The van der Waals surface area contributed by atoms with E-state index < -0.39 is 11.7 Å². The van der Waals surface area contributed by atoms with E-state index >= 15 is 0 Å². The van der Waals surface area contributed by atoms with Crippen LogP contribution in [0.3, 0.4) is 0 Å². The molecule has 2 nitrogen and oxygen atoms in total. The zero-order valence-electron chi connectivity index (χ0n) is 8.67. The molecule has 0 N–H and O–H groups in total. The number of methoxy groups -OCH3 is 1. The van der Waals surface area contributed by atoms with E-state index in [1.165, 1.54) is 19.2 Å². The van der Waals surface area contributed by atoms with Crippen LogP contribution in [0.2, 0.25) is 0 Å². The Morgan fingerprint density at radius 3 is 2.62 bits per heavy atom. The highest BCUT2D eigenvalue weighted by Crippen LogP contribution is 2.29. The highest BCUT2D eigenvalue weighted by atomic mass is 19.4. The molecule has 1 aromatic carbocycles. The first-order valence-corrected chi connectivity index (χ1v) is 4.64. The van der Waals surface area contributed by atoms with Crippen LogP contribution < -0.4 is 0 Å².